The Bertz CT molecular complexity index is 325. The van der Waals surface area contributed by atoms with Crippen LogP contribution in [-0.4, -0.2) is 33.8 Å². The fourth-order valence-corrected chi connectivity index (χ4v) is 3.80. The van der Waals surface area contributed by atoms with Crippen molar-refractivity contribution in [3.05, 3.63) is 0 Å². The van der Waals surface area contributed by atoms with Crippen molar-refractivity contribution in [1.82, 2.24) is 10.0 Å². The minimum atomic E-state index is -3.01. The van der Waals surface area contributed by atoms with Crippen molar-refractivity contribution in [1.29, 1.82) is 0 Å². The van der Waals surface area contributed by atoms with E-state index in [-0.39, 0.29) is 0 Å². The zero-order valence-electron chi connectivity index (χ0n) is 9.91. The molecule has 0 aromatic carbocycles. The molecule has 2 aliphatic rings. The van der Waals surface area contributed by atoms with Gasteiger partial charge in [0.1, 0.15) is 0 Å². The molecule has 0 aromatic heterocycles. The predicted octanol–water partition coefficient (Wildman–Crippen LogP) is 0.561. The quantitative estimate of drug-likeness (QED) is 0.745. The van der Waals surface area contributed by atoms with Crippen molar-refractivity contribution in [2.45, 2.75) is 26.2 Å². The van der Waals surface area contributed by atoms with Crippen LogP contribution in [0.3, 0.4) is 0 Å². The first-order chi connectivity index (χ1) is 7.57. The fourth-order valence-electron chi connectivity index (χ4n) is 2.26. The van der Waals surface area contributed by atoms with E-state index in [1.54, 1.807) is 0 Å². The molecule has 2 unspecified atom stereocenters. The minimum Gasteiger partial charge on any atom is -0.316 e. The molecule has 0 radical (unpaired) electrons. The summed E-state index contributed by atoms with van der Waals surface area (Å²) >= 11 is 0. The summed E-state index contributed by atoms with van der Waals surface area (Å²) in [5, 5.41) is 3.33. The second-order valence-electron chi connectivity index (χ2n) is 5.30. The van der Waals surface area contributed by atoms with Gasteiger partial charge in [0.25, 0.3) is 0 Å². The van der Waals surface area contributed by atoms with Crippen molar-refractivity contribution >= 4 is 10.0 Å². The number of sulfonamides is 1. The largest absolute Gasteiger partial charge is 0.316 e. The number of piperidine rings is 1. The first-order valence-corrected chi connectivity index (χ1v) is 7.90. The third-order valence-corrected chi connectivity index (χ3v) is 5.20. The molecule has 0 spiro atoms. The van der Waals surface area contributed by atoms with Crippen molar-refractivity contribution in [3.63, 3.8) is 0 Å². The van der Waals surface area contributed by atoms with Gasteiger partial charge in [0, 0.05) is 6.54 Å². The highest BCUT2D eigenvalue weighted by Crippen LogP contribution is 2.30. The average molecular weight is 246 g/mol. The summed E-state index contributed by atoms with van der Waals surface area (Å²) in [6, 6.07) is 0. The molecule has 1 heterocycles. The Morgan fingerprint density at radius 2 is 2.06 bits per heavy atom. The highest BCUT2D eigenvalue weighted by atomic mass is 32.2. The lowest BCUT2D eigenvalue weighted by molar-refractivity contribution is 0.274. The van der Waals surface area contributed by atoms with Gasteiger partial charge in [0.05, 0.1) is 5.75 Å². The van der Waals surface area contributed by atoms with Gasteiger partial charge in [0.2, 0.25) is 10.0 Å². The van der Waals surface area contributed by atoms with Gasteiger partial charge in [-0.05, 0) is 50.1 Å². The summed E-state index contributed by atoms with van der Waals surface area (Å²) in [6.45, 7) is 4.83. The summed E-state index contributed by atoms with van der Waals surface area (Å²) in [5.41, 5.74) is 0. The lowest BCUT2D eigenvalue weighted by Crippen LogP contribution is -2.41. The van der Waals surface area contributed by atoms with E-state index in [1.165, 1.54) is 0 Å². The molecule has 4 nitrogen and oxygen atoms in total. The molecule has 1 aliphatic heterocycles. The third kappa shape index (κ3) is 3.71. The number of hydrogen-bond donors (Lipinski definition) is 2. The molecule has 1 aliphatic carbocycles. The van der Waals surface area contributed by atoms with Crippen LogP contribution in [0.25, 0.3) is 0 Å². The third-order valence-electron chi connectivity index (χ3n) is 3.68. The van der Waals surface area contributed by atoms with Crippen LogP contribution in [0, 0.1) is 17.8 Å². The molecule has 94 valence electrons. The first kappa shape index (κ1) is 12.3. The van der Waals surface area contributed by atoms with Crippen molar-refractivity contribution in [3.8, 4) is 0 Å². The van der Waals surface area contributed by atoms with Gasteiger partial charge < -0.3 is 5.32 Å². The summed E-state index contributed by atoms with van der Waals surface area (Å²) in [6.07, 6.45) is 3.25. The molecule has 5 heteroatoms. The zero-order chi connectivity index (χ0) is 11.6. The van der Waals surface area contributed by atoms with Gasteiger partial charge in [-0.2, -0.15) is 0 Å². The van der Waals surface area contributed by atoms with Gasteiger partial charge in [-0.1, -0.05) is 6.92 Å². The number of hydrogen-bond acceptors (Lipinski definition) is 3. The van der Waals surface area contributed by atoms with Crippen LogP contribution in [0.15, 0.2) is 0 Å². The van der Waals surface area contributed by atoms with Crippen LogP contribution in [0.4, 0.5) is 0 Å². The minimum absolute atomic E-state index is 0.340. The number of rotatable bonds is 5. The standard InChI is InChI=1S/C11H22N2O2S/c1-9-6-12-5-4-11(9)7-13-16(14,15)8-10-2-3-10/h9-13H,2-8H2,1H3. The van der Waals surface area contributed by atoms with Crippen LogP contribution in [0.2, 0.25) is 0 Å². The SMILES string of the molecule is CC1CNCCC1CNS(=O)(=O)CC1CC1. The zero-order valence-corrected chi connectivity index (χ0v) is 10.7. The topological polar surface area (TPSA) is 58.2 Å². The van der Waals surface area contributed by atoms with Gasteiger partial charge in [0.15, 0.2) is 0 Å². The Kier molecular flexibility index (Phi) is 3.87. The molecular weight excluding hydrogens is 224 g/mol. The van der Waals surface area contributed by atoms with Crippen LogP contribution in [-0.2, 0) is 10.0 Å². The lowest BCUT2D eigenvalue weighted by atomic mass is 9.88. The van der Waals surface area contributed by atoms with Crippen LogP contribution >= 0.6 is 0 Å². The molecule has 2 fully saturated rings. The second kappa shape index (κ2) is 5.02. The average Bonchev–Trinajstić information content (AvgIpc) is 3.00. The Morgan fingerprint density at radius 3 is 2.69 bits per heavy atom. The van der Waals surface area contributed by atoms with Gasteiger partial charge in [-0.3, -0.25) is 0 Å². The van der Waals surface area contributed by atoms with E-state index in [2.05, 4.69) is 17.0 Å². The van der Waals surface area contributed by atoms with E-state index in [9.17, 15) is 8.42 Å². The highest BCUT2D eigenvalue weighted by Gasteiger charge is 2.29. The van der Waals surface area contributed by atoms with Gasteiger partial charge in [-0.25, -0.2) is 13.1 Å². The summed E-state index contributed by atoms with van der Waals surface area (Å²) in [7, 11) is -3.01. The van der Waals surface area contributed by atoms with E-state index in [0.29, 0.717) is 30.1 Å². The molecule has 0 amide bonds. The van der Waals surface area contributed by atoms with Crippen molar-refractivity contribution in [2.24, 2.45) is 17.8 Å². The Labute approximate surface area is 98.2 Å². The van der Waals surface area contributed by atoms with E-state index in [4.69, 9.17) is 0 Å². The lowest BCUT2D eigenvalue weighted by Gasteiger charge is -2.29. The van der Waals surface area contributed by atoms with Gasteiger partial charge in [-0.15, -0.1) is 0 Å². The molecule has 2 rings (SSSR count). The maximum absolute atomic E-state index is 11.7. The summed E-state index contributed by atoms with van der Waals surface area (Å²) < 4.78 is 26.2. The van der Waals surface area contributed by atoms with Crippen molar-refractivity contribution < 1.29 is 8.42 Å². The predicted molar refractivity (Wildman–Crippen MR) is 64.7 cm³/mol. The Morgan fingerprint density at radius 1 is 1.31 bits per heavy atom. The molecule has 2 N–H and O–H groups in total. The normalized spacial score (nSPS) is 31.6. The molecule has 16 heavy (non-hydrogen) atoms. The molecule has 0 aromatic rings. The monoisotopic (exact) mass is 246 g/mol. The van der Waals surface area contributed by atoms with E-state index >= 15 is 0 Å². The van der Waals surface area contributed by atoms with Crippen molar-refractivity contribution in [2.75, 3.05) is 25.4 Å². The Balaban J connectivity index is 1.76. The number of nitrogens with one attached hydrogen (secondary N) is 2. The van der Waals surface area contributed by atoms with Crippen LogP contribution in [0.5, 0.6) is 0 Å². The second-order valence-corrected chi connectivity index (χ2v) is 7.15. The molecule has 0 bridgehead atoms. The molecule has 1 saturated carbocycles. The van der Waals surface area contributed by atoms with Gasteiger partial charge >= 0.3 is 0 Å². The molecule has 1 saturated heterocycles. The fraction of sp³-hybridized carbons (Fsp3) is 1.00. The smallest absolute Gasteiger partial charge is 0.211 e. The molecule has 2 atom stereocenters. The van der Waals surface area contributed by atoms with Crippen LogP contribution in [0.1, 0.15) is 26.2 Å². The Hall–Kier alpha value is -0.130. The van der Waals surface area contributed by atoms with Crippen LogP contribution < -0.4 is 10.0 Å². The van der Waals surface area contributed by atoms with E-state index < -0.39 is 10.0 Å². The maximum Gasteiger partial charge on any atom is 0.211 e. The summed E-state index contributed by atoms with van der Waals surface area (Å²) in [5.74, 6) is 1.84. The van der Waals surface area contributed by atoms with E-state index in [1.807, 2.05) is 0 Å². The highest BCUT2D eigenvalue weighted by molar-refractivity contribution is 7.89. The summed E-state index contributed by atoms with van der Waals surface area (Å²) in [4.78, 5) is 0. The first-order valence-electron chi connectivity index (χ1n) is 6.25. The molecular formula is C11H22N2O2S. The maximum atomic E-state index is 11.7. The van der Waals surface area contributed by atoms with E-state index in [0.717, 1.165) is 32.4 Å².